The second-order valence-corrected chi connectivity index (χ2v) is 5.09. The molecule has 118 valence electrons. The number of aromatic nitrogens is 1. The van der Waals surface area contributed by atoms with Crippen molar-refractivity contribution >= 4 is 28.4 Å². The molecule has 0 spiro atoms. The maximum absolute atomic E-state index is 11.9. The summed E-state index contributed by atoms with van der Waals surface area (Å²) in [4.78, 5) is 23.7. The van der Waals surface area contributed by atoms with Gasteiger partial charge < -0.3 is 20.3 Å². The van der Waals surface area contributed by atoms with Gasteiger partial charge >= 0.3 is 11.8 Å². The first-order valence-electron chi connectivity index (χ1n) is 7.40. The number of aryl methyl sites for hydroxylation is 1. The number of carbonyl (C=O) groups is 2. The first kappa shape index (κ1) is 16.0. The van der Waals surface area contributed by atoms with Gasteiger partial charge in [0.2, 0.25) is 0 Å². The quantitative estimate of drug-likeness (QED) is 0.732. The molecule has 0 saturated heterocycles. The summed E-state index contributed by atoms with van der Waals surface area (Å²) in [5, 5.41) is 15.2. The summed E-state index contributed by atoms with van der Waals surface area (Å²) in [5.41, 5.74) is 1.57. The number of aliphatic hydroxyl groups is 1. The minimum absolute atomic E-state index is 0.189. The third-order valence-corrected chi connectivity index (χ3v) is 3.63. The molecule has 0 radical (unpaired) electrons. The van der Waals surface area contributed by atoms with E-state index in [1.807, 2.05) is 38.2 Å². The van der Waals surface area contributed by atoms with Gasteiger partial charge in [0, 0.05) is 18.4 Å². The Bertz CT molecular complexity index is 674. The zero-order chi connectivity index (χ0) is 16.1. The first-order valence-corrected chi connectivity index (χ1v) is 7.40. The summed E-state index contributed by atoms with van der Waals surface area (Å²) >= 11 is 0. The molecule has 6 nitrogen and oxygen atoms in total. The fourth-order valence-corrected chi connectivity index (χ4v) is 2.25. The molecule has 0 aliphatic carbocycles. The molecule has 0 saturated carbocycles. The number of nitrogens with zero attached hydrogens (tertiary/aromatic N) is 1. The molecule has 0 bridgehead atoms. The van der Waals surface area contributed by atoms with E-state index < -0.39 is 17.9 Å². The van der Waals surface area contributed by atoms with Gasteiger partial charge in [0.15, 0.2) is 0 Å². The van der Waals surface area contributed by atoms with Crippen molar-refractivity contribution < 1.29 is 14.7 Å². The summed E-state index contributed by atoms with van der Waals surface area (Å²) in [6.07, 6.45) is 2.54. The molecule has 2 aromatic rings. The molecule has 3 N–H and O–H groups in total. The number of nitrogens with one attached hydrogen (secondary N) is 2. The number of hydrogen-bond donors (Lipinski definition) is 3. The summed E-state index contributed by atoms with van der Waals surface area (Å²) in [6.45, 7) is 4.51. The van der Waals surface area contributed by atoms with E-state index in [9.17, 15) is 9.59 Å². The highest BCUT2D eigenvalue weighted by Gasteiger charge is 2.17. The van der Waals surface area contributed by atoms with Crippen LogP contribution in [0.2, 0.25) is 0 Å². The number of fused-ring (bicyclic) bond motifs is 1. The van der Waals surface area contributed by atoms with Gasteiger partial charge in [0.1, 0.15) is 0 Å². The molecule has 1 atom stereocenters. The van der Waals surface area contributed by atoms with Gasteiger partial charge in [0.05, 0.1) is 18.2 Å². The third kappa shape index (κ3) is 3.46. The molecule has 1 aromatic heterocycles. The molecule has 22 heavy (non-hydrogen) atoms. The Balaban J connectivity index is 2.09. The fraction of sp³-hybridized carbons (Fsp3) is 0.375. The van der Waals surface area contributed by atoms with E-state index in [1.165, 1.54) is 0 Å². The van der Waals surface area contributed by atoms with E-state index in [4.69, 9.17) is 5.11 Å². The van der Waals surface area contributed by atoms with Crippen LogP contribution >= 0.6 is 0 Å². The van der Waals surface area contributed by atoms with E-state index in [0.29, 0.717) is 12.1 Å². The summed E-state index contributed by atoms with van der Waals surface area (Å²) in [5.74, 6) is -1.48. The molecular weight excluding hydrogens is 282 g/mol. The van der Waals surface area contributed by atoms with Crippen LogP contribution in [0.5, 0.6) is 0 Å². The highest BCUT2D eigenvalue weighted by molar-refractivity contribution is 6.39. The van der Waals surface area contributed by atoms with Crippen LogP contribution in [0.3, 0.4) is 0 Å². The minimum Gasteiger partial charge on any atom is -0.394 e. The highest BCUT2D eigenvalue weighted by Crippen LogP contribution is 2.20. The largest absolute Gasteiger partial charge is 0.394 e. The lowest BCUT2D eigenvalue weighted by Gasteiger charge is -2.13. The SMILES string of the molecule is CCC(CO)NC(=O)C(=O)Nc1ccc2ccn(CC)c2c1. The summed E-state index contributed by atoms with van der Waals surface area (Å²) < 4.78 is 2.06. The zero-order valence-corrected chi connectivity index (χ0v) is 12.8. The van der Waals surface area contributed by atoms with Crippen LogP contribution in [0.1, 0.15) is 20.3 Å². The molecule has 0 aliphatic heterocycles. The Labute approximate surface area is 129 Å². The topological polar surface area (TPSA) is 83.4 Å². The minimum atomic E-state index is -0.744. The van der Waals surface area contributed by atoms with Crippen LogP contribution in [-0.2, 0) is 16.1 Å². The van der Waals surface area contributed by atoms with Crippen molar-refractivity contribution in [2.75, 3.05) is 11.9 Å². The van der Waals surface area contributed by atoms with Crippen molar-refractivity contribution in [1.82, 2.24) is 9.88 Å². The van der Waals surface area contributed by atoms with Gasteiger partial charge in [-0.25, -0.2) is 0 Å². The van der Waals surface area contributed by atoms with E-state index in [1.54, 1.807) is 6.07 Å². The van der Waals surface area contributed by atoms with E-state index in [0.717, 1.165) is 17.4 Å². The molecule has 6 heteroatoms. The number of anilines is 1. The van der Waals surface area contributed by atoms with Crippen LogP contribution in [0.15, 0.2) is 30.5 Å². The number of aliphatic hydroxyl groups excluding tert-OH is 1. The van der Waals surface area contributed by atoms with E-state index >= 15 is 0 Å². The number of carbonyl (C=O) groups excluding carboxylic acids is 2. The lowest BCUT2D eigenvalue weighted by molar-refractivity contribution is -0.136. The maximum Gasteiger partial charge on any atom is 0.313 e. The Kier molecular flexibility index (Phi) is 5.16. The lowest BCUT2D eigenvalue weighted by atomic mass is 10.2. The number of rotatable bonds is 5. The van der Waals surface area contributed by atoms with Crippen molar-refractivity contribution in [2.24, 2.45) is 0 Å². The van der Waals surface area contributed by atoms with Crippen molar-refractivity contribution in [1.29, 1.82) is 0 Å². The molecule has 2 amide bonds. The van der Waals surface area contributed by atoms with Gasteiger partial charge in [-0.3, -0.25) is 9.59 Å². The molecule has 1 unspecified atom stereocenters. The van der Waals surface area contributed by atoms with Gasteiger partial charge in [-0.2, -0.15) is 0 Å². The Hall–Kier alpha value is -2.34. The van der Waals surface area contributed by atoms with E-state index in [-0.39, 0.29) is 6.61 Å². The monoisotopic (exact) mass is 303 g/mol. The summed E-state index contributed by atoms with van der Waals surface area (Å²) in [6, 6.07) is 7.10. The van der Waals surface area contributed by atoms with Crippen LogP contribution in [0, 0.1) is 0 Å². The molecule has 1 aromatic carbocycles. The van der Waals surface area contributed by atoms with Crippen molar-refractivity contribution in [3.8, 4) is 0 Å². The van der Waals surface area contributed by atoms with Gasteiger partial charge in [-0.15, -0.1) is 0 Å². The van der Waals surface area contributed by atoms with Gasteiger partial charge in [-0.05, 0) is 36.9 Å². The average Bonchev–Trinajstić information content (AvgIpc) is 2.94. The number of hydrogen-bond acceptors (Lipinski definition) is 3. The van der Waals surface area contributed by atoms with E-state index in [2.05, 4.69) is 15.2 Å². The first-order chi connectivity index (χ1) is 10.6. The predicted octanol–water partition coefficient (Wildman–Crippen LogP) is 1.49. The third-order valence-electron chi connectivity index (χ3n) is 3.63. The standard InChI is InChI=1S/C16H21N3O3/c1-3-12(10-20)17-15(21)16(22)18-13-6-5-11-7-8-19(4-2)14(11)9-13/h5-9,12,20H,3-4,10H2,1-2H3,(H,17,21)(H,18,22). The highest BCUT2D eigenvalue weighted by atomic mass is 16.3. The smallest absolute Gasteiger partial charge is 0.313 e. The molecule has 1 heterocycles. The van der Waals surface area contributed by atoms with Crippen molar-refractivity contribution in [3.05, 3.63) is 30.5 Å². The second kappa shape index (κ2) is 7.09. The number of benzene rings is 1. The molecule has 2 rings (SSSR count). The zero-order valence-electron chi connectivity index (χ0n) is 12.8. The summed E-state index contributed by atoms with van der Waals surface area (Å²) in [7, 11) is 0. The van der Waals surface area contributed by atoms with Gasteiger partial charge in [-0.1, -0.05) is 13.0 Å². The Morgan fingerprint density at radius 3 is 2.64 bits per heavy atom. The number of amides is 2. The molecule has 0 fully saturated rings. The average molecular weight is 303 g/mol. The van der Waals surface area contributed by atoms with Gasteiger partial charge in [0.25, 0.3) is 0 Å². The normalized spacial score (nSPS) is 12.1. The maximum atomic E-state index is 11.9. The molecular formula is C16H21N3O3. The Morgan fingerprint density at radius 2 is 2.00 bits per heavy atom. The molecule has 0 aliphatic rings. The van der Waals surface area contributed by atoms with Crippen molar-refractivity contribution in [3.63, 3.8) is 0 Å². The fourth-order valence-electron chi connectivity index (χ4n) is 2.25. The van der Waals surface area contributed by atoms with Crippen LogP contribution in [-0.4, -0.2) is 34.1 Å². The van der Waals surface area contributed by atoms with Crippen LogP contribution < -0.4 is 10.6 Å². The lowest BCUT2D eigenvalue weighted by Crippen LogP contribution is -2.43. The van der Waals surface area contributed by atoms with Crippen LogP contribution in [0.4, 0.5) is 5.69 Å². The van der Waals surface area contributed by atoms with Crippen molar-refractivity contribution in [2.45, 2.75) is 32.9 Å². The predicted molar refractivity (Wildman–Crippen MR) is 85.5 cm³/mol. The Morgan fingerprint density at radius 1 is 1.23 bits per heavy atom. The second-order valence-electron chi connectivity index (χ2n) is 5.09. The van der Waals surface area contributed by atoms with Crippen LogP contribution in [0.25, 0.3) is 10.9 Å².